The minimum Gasteiger partial charge on any atom is -0.197 e. The minimum atomic E-state index is -0.304. The van der Waals surface area contributed by atoms with E-state index in [0.717, 1.165) is 0 Å². The van der Waals surface area contributed by atoms with E-state index in [0.29, 0.717) is 0 Å². The molecule has 0 N–H and O–H groups in total. The van der Waals surface area contributed by atoms with Gasteiger partial charge in [-0.25, -0.2) is 0 Å². The second kappa shape index (κ2) is 3.40. The molecule has 0 unspecified atom stereocenters. The van der Waals surface area contributed by atoms with Crippen molar-refractivity contribution in [1.29, 1.82) is 5.26 Å². The molecule has 1 aromatic rings. The molecule has 1 aliphatic carbocycles. The van der Waals surface area contributed by atoms with Gasteiger partial charge in [0.25, 0.3) is 0 Å². The van der Waals surface area contributed by atoms with Crippen LogP contribution in [0.25, 0.3) is 0 Å². The van der Waals surface area contributed by atoms with Crippen molar-refractivity contribution in [3.63, 3.8) is 0 Å². The molecule has 0 saturated carbocycles. The van der Waals surface area contributed by atoms with Crippen molar-refractivity contribution in [1.82, 2.24) is 0 Å². The van der Waals surface area contributed by atoms with Gasteiger partial charge < -0.3 is 0 Å². The molecular weight excluding hydrogens is 190 g/mol. The lowest BCUT2D eigenvalue weighted by Crippen LogP contribution is -2.16. The molecule has 0 atom stereocenters. The van der Waals surface area contributed by atoms with Crippen LogP contribution in [0.5, 0.6) is 0 Å². The molecule has 0 spiro atoms. The summed E-state index contributed by atoms with van der Waals surface area (Å²) in [5.74, 6) is 0. The Hall–Kier alpha value is -0.810. The van der Waals surface area contributed by atoms with Gasteiger partial charge in [-0.3, -0.25) is 0 Å². The summed E-state index contributed by atoms with van der Waals surface area (Å²) in [6.45, 7) is 4.04. The lowest BCUT2D eigenvalue weighted by Gasteiger charge is -2.19. The van der Waals surface area contributed by atoms with Crippen LogP contribution in [0.4, 0.5) is 0 Å². The minimum absolute atomic E-state index is 0.304. The van der Waals surface area contributed by atoms with Crippen LogP contribution in [0.15, 0.2) is 5.38 Å². The lowest BCUT2D eigenvalue weighted by atomic mass is 9.82. The monoisotopic (exact) mass is 205 g/mol. The van der Waals surface area contributed by atoms with Gasteiger partial charge >= 0.3 is 0 Å². The first-order chi connectivity index (χ1) is 6.65. The van der Waals surface area contributed by atoms with Crippen LogP contribution in [-0.4, -0.2) is 0 Å². The molecule has 0 radical (unpaired) electrons. The van der Waals surface area contributed by atoms with Crippen molar-refractivity contribution >= 4 is 11.3 Å². The molecule has 1 heterocycles. The number of rotatable bonds is 1. The van der Waals surface area contributed by atoms with Crippen molar-refractivity contribution in [2.24, 2.45) is 0 Å². The molecule has 0 saturated heterocycles. The highest BCUT2D eigenvalue weighted by molar-refractivity contribution is 7.10. The van der Waals surface area contributed by atoms with Crippen LogP contribution in [0.1, 0.15) is 42.7 Å². The van der Waals surface area contributed by atoms with Crippen LogP contribution in [0.2, 0.25) is 0 Å². The fourth-order valence-corrected chi connectivity index (χ4v) is 3.39. The Bertz CT molecular complexity index is 382. The van der Waals surface area contributed by atoms with E-state index >= 15 is 0 Å². The average molecular weight is 205 g/mol. The fourth-order valence-electron chi connectivity index (χ4n) is 2.08. The van der Waals surface area contributed by atoms with E-state index in [1.165, 1.54) is 41.7 Å². The zero-order valence-electron chi connectivity index (χ0n) is 8.76. The molecule has 2 rings (SSSR count). The highest BCUT2D eigenvalue weighted by Gasteiger charge is 2.27. The Morgan fingerprint density at radius 2 is 2.07 bits per heavy atom. The van der Waals surface area contributed by atoms with Crippen molar-refractivity contribution in [3.8, 4) is 6.07 Å². The first kappa shape index (κ1) is 9.73. The average Bonchev–Trinajstić information content (AvgIpc) is 2.61. The SMILES string of the molecule is CC(C)(C#N)c1csc2c1CCCC2. The first-order valence-electron chi connectivity index (χ1n) is 5.16. The second-order valence-electron chi connectivity index (χ2n) is 4.50. The Kier molecular flexibility index (Phi) is 2.36. The molecule has 14 heavy (non-hydrogen) atoms. The van der Waals surface area contributed by atoms with Crippen LogP contribution >= 0.6 is 11.3 Å². The quantitative estimate of drug-likeness (QED) is 0.689. The summed E-state index contributed by atoms with van der Waals surface area (Å²) in [5, 5.41) is 11.3. The Balaban J connectivity index is 2.46. The summed E-state index contributed by atoms with van der Waals surface area (Å²) in [6.07, 6.45) is 5.01. The van der Waals surface area contributed by atoms with E-state index in [9.17, 15) is 0 Å². The molecule has 0 amide bonds. The van der Waals surface area contributed by atoms with Gasteiger partial charge in [0.1, 0.15) is 0 Å². The van der Waals surface area contributed by atoms with Crippen molar-refractivity contribution in [2.45, 2.75) is 44.9 Å². The van der Waals surface area contributed by atoms with Crippen LogP contribution in [0, 0.1) is 11.3 Å². The molecular formula is C12H15NS. The van der Waals surface area contributed by atoms with Crippen LogP contribution in [-0.2, 0) is 18.3 Å². The van der Waals surface area contributed by atoms with E-state index < -0.39 is 0 Å². The highest BCUT2D eigenvalue weighted by Crippen LogP contribution is 2.36. The topological polar surface area (TPSA) is 23.8 Å². The molecule has 0 aliphatic heterocycles. The highest BCUT2D eigenvalue weighted by atomic mass is 32.1. The van der Waals surface area contributed by atoms with Crippen molar-refractivity contribution in [2.75, 3.05) is 0 Å². The molecule has 1 aliphatic rings. The van der Waals surface area contributed by atoms with Gasteiger partial charge in [0.15, 0.2) is 0 Å². The van der Waals surface area contributed by atoms with Gasteiger partial charge in [-0.2, -0.15) is 5.26 Å². The maximum absolute atomic E-state index is 9.12. The molecule has 2 heteroatoms. The number of hydrogen-bond donors (Lipinski definition) is 0. The fraction of sp³-hybridized carbons (Fsp3) is 0.583. The van der Waals surface area contributed by atoms with Gasteiger partial charge in [0, 0.05) is 4.88 Å². The number of nitriles is 1. The number of aryl methyl sites for hydroxylation is 1. The maximum Gasteiger partial charge on any atom is 0.0777 e. The van der Waals surface area contributed by atoms with E-state index in [-0.39, 0.29) is 5.41 Å². The van der Waals surface area contributed by atoms with E-state index in [2.05, 4.69) is 11.4 Å². The standard InChI is InChI=1S/C12H15NS/c1-12(2,8-13)10-7-14-11-6-4-3-5-9(10)11/h7H,3-6H2,1-2H3. The molecule has 0 aromatic carbocycles. The third-order valence-electron chi connectivity index (χ3n) is 3.01. The van der Waals surface area contributed by atoms with E-state index in [1.54, 1.807) is 0 Å². The predicted molar refractivity (Wildman–Crippen MR) is 59.6 cm³/mol. The molecule has 0 bridgehead atoms. The van der Waals surface area contributed by atoms with Crippen LogP contribution in [0.3, 0.4) is 0 Å². The molecule has 74 valence electrons. The molecule has 1 aromatic heterocycles. The smallest absolute Gasteiger partial charge is 0.0777 e. The van der Waals surface area contributed by atoms with Gasteiger partial charge in [0.2, 0.25) is 0 Å². The predicted octanol–water partition coefficient (Wildman–Crippen LogP) is 3.43. The first-order valence-corrected chi connectivity index (χ1v) is 6.04. The van der Waals surface area contributed by atoms with Gasteiger partial charge in [-0.15, -0.1) is 11.3 Å². The normalized spacial score (nSPS) is 16.1. The Morgan fingerprint density at radius 1 is 1.36 bits per heavy atom. The molecule has 0 fully saturated rings. The summed E-state index contributed by atoms with van der Waals surface area (Å²) < 4.78 is 0. The summed E-state index contributed by atoms with van der Waals surface area (Å²) in [7, 11) is 0. The zero-order chi connectivity index (χ0) is 10.2. The lowest BCUT2D eigenvalue weighted by molar-refractivity contribution is 0.644. The summed E-state index contributed by atoms with van der Waals surface area (Å²) in [5.41, 5.74) is 2.45. The largest absolute Gasteiger partial charge is 0.197 e. The number of thiophene rings is 1. The van der Waals surface area contributed by atoms with Crippen molar-refractivity contribution in [3.05, 3.63) is 21.4 Å². The maximum atomic E-state index is 9.12. The molecule has 1 nitrogen and oxygen atoms in total. The summed E-state index contributed by atoms with van der Waals surface area (Å²) in [6, 6.07) is 2.40. The third-order valence-corrected chi connectivity index (χ3v) is 4.10. The Morgan fingerprint density at radius 3 is 2.79 bits per heavy atom. The number of fused-ring (bicyclic) bond motifs is 1. The number of hydrogen-bond acceptors (Lipinski definition) is 2. The zero-order valence-corrected chi connectivity index (χ0v) is 9.58. The second-order valence-corrected chi connectivity index (χ2v) is 5.46. The van der Waals surface area contributed by atoms with E-state index in [4.69, 9.17) is 5.26 Å². The van der Waals surface area contributed by atoms with Gasteiger partial charge in [0.05, 0.1) is 11.5 Å². The van der Waals surface area contributed by atoms with Gasteiger partial charge in [-0.05, 0) is 56.0 Å². The van der Waals surface area contributed by atoms with Crippen LogP contribution < -0.4 is 0 Å². The Labute approximate surface area is 89.4 Å². The summed E-state index contributed by atoms with van der Waals surface area (Å²) in [4.78, 5) is 1.52. The van der Waals surface area contributed by atoms with Gasteiger partial charge in [-0.1, -0.05) is 0 Å². The van der Waals surface area contributed by atoms with E-state index in [1.807, 2.05) is 25.2 Å². The van der Waals surface area contributed by atoms with Crippen molar-refractivity contribution < 1.29 is 0 Å². The number of nitrogens with zero attached hydrogens (tertiary/aromatic N) is 1. The third kappa shape index (κ3) is 1.46. The summed E-state index contributed by atoms with van der Waals surface area (Å²) >= 11 is 1.84.